The first kappa shape index (κ1) is 11.0. The summed E-state index contributed by atoms with van der Waals surface area (Å²) in [7, 11) is 0. The van der Waals surface area contributed by atoms with E-state index in [1.54, 1.807) is 0 Å². The number of hydrogen-bond acceptors (Lipinski definition) is 7. The molecule has 0 fully saturated rings. The van der Waals surface area contributed by atoms with Crippen LogP contribution in [0.3, 0.4) is 0 Å². The molecular formula is C9H10N6O2. The number of nitrogens with two attached hydrogens (primary N) is 1. The first-order valence-corrected chi connectivity index (χ1v) is 4.87. The molecule has 0 aromatic carbocycles. The molecule has 0 aliphatic heterocycles. The summed E-state index contributed by atoms with van der Waals surface area (Å²) in [6.07, 6.45) is 4.42. The highest BCUT2D eigenvalue weighted by atomic mass is 16.5. The molecule has 17 heavy (non-hydrogen) atoms. The standard InChI is InChI=1S/C9H10N6O2/c10-7-4-12-6(3-13-7)9(16)11-2-1-8-14-5-15-17-8/h3-5H,1-2H2,(H2,10,13)(H,11,16). The van der Waals surface area contributed by atoms with Crippen LogP contribution in [0.5, 0.6) is 0 Å². The van der Waals surface area contributed by atoms with Crippen molar-refractivity contribution in [1.82, 2.24) is 25.4 Å². The van der Waals surface area contributed by atoms with Crippen molar-refractivity contribution in [3.8, 4) is 0 Å². The molecule has 2 aromatic heterocycles. The molecule has 0 unspecified atom stereocenters. The molecule has 0 radical (unpaired) electrons. The second kappa shape index (κ2) is 5.01. The fourth-order valence-electron chi connectivity index (χ4n) is 1.13. The highest BCUT2D eigenvalue weighted by molar-refractivity contribution is 5.91. The Kier molecular flexibility index (Phi) is 3.24. The number of nitrogens with zero attached hydrogens (tertiary/aromatic N) is 4. The molecule has 88 valence electrons. The van der Waals surface area contributed by atoms with Crippen molar-refractivity contribution in [2.75, 3.05) is 12.3 Å². The number of rotatable bonds is 4. The minimum absolute atomic E-state index is 0.213. The van der Waals surface area contributed by atoms with E-state index in [2.05, 4.69) is 25.4 Å². The van der Waals surface area contributed by atoms with E-state index in [0.29, 0.717) is 18.9 Å². The summed E-state index contributed by atoms with van der Waals surface area (Å²) in [5.74, 6) is 0.415. The first-order valence-electron chi connectivity index (χ1n) is 4.87. The second-order valence-corrected chi connectivity index (χ2v) is 3.17. The van der Waals surface area contributed by atoms with Crippen molar-refractivity contribution >= 4 is 11.7 Å². The Morgan fingerprint density at radius 1 is 1.35 bits per heavy atom. The Balaban J connectivity index is 1.83. The SMILES string of the molecule is Nc1cnc(C(=O)NCCc2ncno2)cn1. The fourth-order valence-corrected chi connectivity index (χ4v) is 1.13. The summed E-state index contributed by atoms with van der Waals surface area (Å²) in [6, 6.07) is 0. The maximum absolute atomic E-state index is 11.6. The van der Waals surface area contributed by atoms with Crippen LogP contribution >= 0.6 is 0 Å². The van der Waals surface area contributed by atoms with E-state index in [-0.39, 0.29) is 17.4 Å². The molecule has 2 aromatic rings. The lowest BCUT2D eigenvalue weighted by Crippen LogP contribution is -2.26. The summed E-state index contributed by atoms with van der Waals surface area (Å²) in [5, 5.41) is 6.10. The highest BCUT2D eigenvalue weighted by Gasteiger charge is 2.07. The third-order valence-electron chi connectivity index (χ3n) is 1.94. The fraction of sp³-hybridized carbons (Fsp3) is 0.222. The van der Waals surface area contributed by atoms with Gasteiger partial charge in [-0.1, -0.05) is 5.16 Å². The zero-order chi connectivity index (χ0) is 12.1. The molecular weight excluding hydrogens is 224 g/mol. The van der Waals surface area contributed by atoms with E-state index in [1.165, 1.54) is 18.7 Å². The summed E-state index contributed by atoms with van der Waals surface area (Å²) in [4.78, 5) is 23.0. The van der Waals surface area contributed by atoms with Crippen molar-refractivity contribution in [2.45, 2.75) is 6.42 Å². The number of nitrogen functional groups attached to an aromatic ring is 1. The Morgan fingerprint density at radius 3 is 2.88 bits per heavy atom. The van der Waals surface area contributed by atoms with Gasteiger partial charge in [0, 0.05) is 13.0 Å². The minimum Gasteiger partial charge on any atom is -0.382 e. The summed E-state index contributed by atoms with van der Waals surface area (Å²) >= 11 is 0. The number of nitrogens with one attached hydrogen (secondary N) is 1. The van der Waals surface area contributed by atoms with Gasteiger partial charge in [0.15, 0.2) is 6.33 Å². The third-order valence-corrected chi connectivity index (χ3v) is 1.94. The molecule has 2 rings (SSSR count). The zero-order valence-corrected chi connectivity index (χ0v) is 8.83. The Labute approximate surface area is 96.3 Å². The summed E-state index contributed by atoms with van der Waals surface area (Å²) in [6.45, 7) is 0.382. The summed E-state index contributed by atoms with van der Waals surface area (Å²) < 4.78 is 4.78. The van der Waals surface area contributed by atoms with E-state index in [4.69, 9.17) is 10.3 Å². The van der Waals surface area contributed by atoms with Crippen LogP contribution in [0.25, 0.3) is 0 Å². The van der Waals surface area contributed by atoms with Crippen LogP contribution in [0.1, 0.15) is 16.4 Å². The van der Waals surface area contributed by atoms with Gasteiger partial charge in [0.25, 0.3) is 5.91 Å². The van der Waals surface area contributed by atoms with Crippen LogP contribution in [-0.4, -0.2) is 32.6 Å². The van der Waals surface area contributed by atoms with Gasteiger partial charge in [0.2, 0.25) is 5.89 Å². The molecule has 2 heterocycles. The van der Waals surface area contributed by atoms with E-state index in [9.17, 15) is 4.79 Å². The van der Waals surface area contributed by atoms with E-state index in [1.807, 2.05) is 0 Å². The van der Waals surface area contributed by atoms with Crippen molar-refractivity contribution in [3.05, 3.63) is 30.3 Å². The van der Waals surface area contributed by atoms with Gasteiger partial charge in [0.1, 0.15) is 11.5 Å². The van der Waals surface area contributed by atoms with Crippen LogP contribution < -0.4 is 11.1 Å². The lowest BCUT2D eigenvalue weighted by atomic mass is 10.3. The van der Waals surface area contributed by atoms with Gasteiger partial charge < -0.3 is 15.6 Å². The monoisotopic (exact) mass is 234 g/mol. The maximum atomic E-state index is 11.6. The number of carbonyl (C=O) groups excluding carboxylic acids is 1. The van der Waals surface area contributed by atoms with Crippen LogP contribution in [0.2, 0.25) is 0 Å². The first-order chi connectivity index (χ1) is 8.25. The van der Waals surface area contributed by atoms with Gasteiger partial charge in [-0.25, -0.2) is 9.97 Å². The van der Waals surface area contributed by atoms with Crippen molar-refractivity contribution in [1.29, 1.82) is 0 Å². The van der Waals surface area contributed by atoms with Crippen molar-refractivity contribution in [2.24, 2.45) is 0 Å². The average molecular weight is 234 g/mol. The molecule has 0 aliphatic carbocycles. The van der Waals surface area contributed by atoms with Crippen LogP contribution in [0.4, 0.5) is 5.82 Å². The lowest BCUT2D eigenvalue weighted by Gasteiger charge is -2.02. The maximum Gasteiger partial charge on any atom is 0.271 e. The van der Waals surface area contributed by atoms with E-state index < -0.39 is 0 Å². The molecule has 0 atom stereocenters. The molecule has 0 aliphatic rings. The van der Waals surface area contributed by atoms with Gasteiger partial charge in [-0.05, 0) is 0 Å². The smallest absolute Gasteiger partial charge is 0.271 e. The molecule has 8 heteroatoms. The van der Waals surface area contributed by atoms with Gasteiger partial charge in [0.05, 0.1) is 12.4 Å². The topological polar surface area (TPSA) is 120 Å². The zero-order valence-electron chi connectivity index (χ0n) is 8.83. The molecule has 0 saturated carbocycles. The van der Waals surface area contributed by atoms with Crippen molar-refractivity contribution < 1.29 is 9.32 Å². The number of carbonyl (C=O) groups is 1. The average Bonchev–Trinajstić information content (AvgIpc) is 2.83. The molecule has 1 amide bonds. The largest absolute Gasteiger partial charge is 0.382 e. The number of anilines is 1. The number of aromatic nitrogens is 4. The minimum atomic E-state index is -0.322. The lowest BCUT2D eigenvalue weighted by molar-refractivity contribution is 0.0948. The molecule has 0 bridgehead atoms. The normalized spacial score (nSPS) is 10.1. The van der Waals surface area contributed by atoms with Gasteiger partial charge >= 0.3 is 0 Å². The summed E-state index contributed by atoms with van der Waals surface area (Å²) in [5.41, 5.74) is 5.57. The highest BCUT2D eigenvalue weighted by Crippen LogP contribution is 1.96. The van der Waals surface area contributed by atoms with E-state index in [0.717, 1.165) is 0 Å². The molecule has 8 nitrogen and oxygen atoms in total. The van der Waals surface area contributed by atoms with Crippen LogP contribution in [0.15, 0.2) is 23.2 Å². The van der Waals surface area contributed by atoms with Crippen LogP contribution in [0, 0.1) is 0 Å². The Morgan fingerprint density at radius 2 is 2.24 bits per heavy atom. The number of hydrogen-bond donors (Lipinski definition) is 2. The van der Waals surface area contributed by atoms with Gasteiger partial charge in [-0.3, -0.25) is 4.79 Å². The molecule has 3 N–H and O–H groups in total. The third kappa shape index (κ3) is 2.97. The second-order valence-electron chi connectivity index (χ2n) is 3.17. The predicted molar refractivity (Wildman–Crippen MR) is 56.8 cm³/mol. The number of amides is 1. The van der Waals surface area contributed by atoms with Gasteiger partial charge in [-0.2, -0.15) is 4.98 Å². The predicted octanol–water partition coefficient (Wildman–Crippen LogP) is -0.586. The quantitative estimate of drug-likeness (QED) is 0.725. The van der Waals surface area contributed by atoms with Crippen LogP contribution in [-0.2, 0) is 6.42 Å². The Bertz CT molecular complexity index is 481. The van der Waals surface area contributed by atoms with Gasteiger partial charge in [-0.15, -0.1) is 0 Å². The molecule has 0 spiro atoms. The van der Waals surface area contributed by atoms with Crippen molar-refractivity contribution in [3.63, 3.8) is 0 Å². The molecule has 0 saturated heterocycles. The Hall–Kier alpha value is -2.51. The van der Waals surface area contributed by atoms with E-state index >= 15 is 0 Å².